The lowest BCUT2D eigenvalue weighted by Gasteiger charge is -2.35. The molecule has 3 rings (SSSR count). The summed E-state index contributed by atoms with van der Waals surface area (Å²) in [4.78, 5) is 21.0. The third-order valence-corrected chi connectivity index (χ3v) is 5.86. The Morgan fingerprint density at radius 2 is 1.69 bits per heavy atom. The second-order valence-electron chi connectivity index (χ2n) is 8.31. The van der Waals surface area contributed by atoms with Crippen molar-refractivity contribution in [2.24, 2.45) is 10.7 Å². The van der Waals surface area contributed by atoms with Crippen molar-refractivity contribution in [2.75, 3.05) is 62.0 Å². The van der Waals surface area contributed by atoms with E-state index in [9.17, 15) is 4.79 Å². The highest BCUT2D eigenvalue weighted by molar-refractivity contribution is 5.91. The van der Waals surface area contributed by atoms with Gasteiger partial charge in [0.1, 0.15) is 5.82 Å². The molecule has 1 fully saturated rings. The number of benzene rings is 2. The van der Waals surface area contributed by atoms with Crippen molar-refractivity contribution < 1.29 is 9.53 Å². The van der Waals surface area contributed by atoms with Gasteiger partial charge in [-0.15, -0.1) is 0 Å². The van der Waals surface area contributed by atoms with Crippen LogP contribution in [0.5, 0.6) is 0 Å². The standard InChI is InChI=1S/C27H36N6O2/c1-4-32-16-18-33(19-17-32)25-11-9-23(10-12-25)30-21(2)29-15-13-26(28)22-5-7-24(8-6-22)31-27(34)14-20-35-3/h5-13,15,30H,2,4,14,16-20,28H2,1,3H3,(H,31,34)/b26-13-,29-15?. The first-order valence-electron chi connectivity index (χ1n) is 11.9. The molecule has 0 saturated carbocycles. The molecule has 8 nitrogen and oxygen atoms in total. The van der Waals surface area contributed by atoms with Crippen molar-refractivity contribution in [1.29, 1.82) is 0 Å². The third kappa shape index (κ3) is 8.27. The average Bonchev–Trinajstić information content (AvgIpc) is 2.88. The van der Waals surface area contributed by atoms with E-state index in [1.165, 1.54) is 5.69 Å². The van der Waals surface area contributed by atoms with E-state index in [1.54, 1.807) is 19.4 Å². The van der Waals surface area contributed by atoms with Gasteiger partial charge in [0.05, 0.1) is 13.0 Å². The minimum absolute atomic E-state index is 0.0919. The molecular weight excluding hydrogens is 440 g/mol. The van der Waals surface area contributed by atoms with Crippen LogP contribution in [-0.2, 0) is 9.53 Å². The van der Waals surface area contributed by atoms with Gasteiger partial charge < -0.3 is 30.9 Å². The van der Waals surface area contributed by atoms with Crippen LogP contribution < -0.4 is 21.3 Å². The van der Waals surface area contributed by atoms with Crippen LogP contribution >= 0.6 is 0 Å². The third-order valence-electron chi connectivity index (χ3n) is 5.86. The van der Waals surface area contributed by atoms with Crippen LogP contribution in [0.1, 0.15) is 18.9 Å². The summed E-state index contributed by atoms with van der Waals surface area (Å²) in [6.45, 7) is 12.0. The fraction of sp³-hybridized carbons (Fsp3) is 0.333. The zero-order valence-electron chi connectivity index (χ0n) is 20.7. The molecule has 0 bridgehead atoms. The number of ether oxygens (including phenoxy) is 1. The van der Waals surface area contributed by atoms with E-state index in [4.69, 9.17) is 10.5 Å². The van der Waals surface area contributed by atoms with Crippen LogP contribution in [0.4, 0.5) is 17.1 Å². The Balaban J connectivity index is 1.47. The predicted molar refractivity (Wildman–Crippen MR) is 146 cm³/mol. The Labute approximate surface area is 208 Å². The fourth-order valence-electron chi connectivity index (χ4n) is 3.74. The number of anilines is 3. The molecule has 1 amide bonds. The SMILES string of the molecule is C=C(N=C/C=C(\N)c1ccc(NC(=O)CCOC)cc1)Nc1ccc(N2CCN(CC)CC2)cc1. The van der Waals surface area contributed by atoms with E-state index >= 15 is 0 Å². The second-order valence-corrected chi connectivity index (χ2v) is 8.31. The normalized spacial score (nSPS) is 14.8. The van der Waals surface area contributed by atoms with Crippen molar-refractivity contribution in [1.82, 2.24) is 4.90 Å². The Hall–Kier alpha value is -3.62. The first-order valence-corrected chi connectivity index (χ1v) is 11.9. The lowest BCUT2D eigenvalue weighted by atomic mass is 10.1. The smallest absolute Gasteiger partial charge is 0.226 e. The van der Waals surface area contributed by atoms with Gasteiger partial charge in [-0.25, -0.2) is 4.99 Å². The van der Waals surface area contributed by atoms with Gasteiger partial charge in [0, 0.05) is 62.3 Å². The monoisotopic (exact) mass is 476 g/mol. The number of nitrogens with two attached hydrogens (primary N) is 1. The highest BCUT2D eigenvalue weighted by atomic mass is 16.5. The highest BCUT2D eigenvalue weighted by Crippen LogP contribution is 2.20. The van der Waals surface area contributed by atoms with E-state index in [0.29, 0.717) is 30.2 Å². The maximum atomic E-state index is 11.8. The first-order chi connectivity index (χ1) is 17.0. The van der Waals surface area contributed by atoms with E-state index < -0.39 is 0 Å². The summed E-state index contributed by atoms with van der Waals surface area (Å²) in [6.07, 6.45) is 3.65. The van der Waals surface area contributed by atoms with Crippen LogP contribution in [0, 0.1) is 0 Å². The van der Waals surface area contributed by atoms with Crippen molar-refractivity contribution in [2.45, 2.75) is 13.3 Å². The number of piperazine rings is 1. The summed E-state index contributed by atoms with van der Waals surface area (Å²) in [5.74, 6) is 0.429. The molecule has 1 aliphatic heterocycles. The maximum absolute atomic E-state index is 11.8. The molecule has 0 unspecified atom stereocenters. The molecule has 8 heteroatoms. The fourth-order valence-corrected chi connectivity index (χ4v) is 3.74. The van der Waals surface area contributed by atoms with Crippen molar-refractivity contribution in [3.8, 4) is 0 Å². The molecule has 4 N–H and O–H groups in total. The molecular formula is C27H36N6O2. The van der Waals surface area contributed by atoms with Gasteiger partial charge in [-0.2, -0.15) is 0 Å². The number of carbonyl (C=O) groups is 1. The van der Waals surface area contributed by atoms with E-state index in [2.05, 4.69) is 51.1 Å². The summed E-state index contributed by atoms with van der Waals surface area (Å²) in [6, 6.07) is 15.7. The summed E-state index contributed by atoms with van der Waals surface area (Å²) in [5.41, 5.74) is 10.4. The lowest BCUT2D eigenvalue weighted by molar-refractivity contribution is -0.117. The van der Waals surface area contributed by atoms with Crippen molar-refractivity contribution >= 4 is 34.9 Å². The van der Waals surface area contributed by atoms with Crippen LogP contribution in [-0.4, -0.2) is 63.5 Å². The number of nitrogens with zero attached hydrogens (tertiary/aromatic N) is 3. The Bertz CT molecular complexity index is 1020. The average molecular weight is 477 g/mol. The minimum Gasteiger partial charge on any atom is -0.398 e. The maximum Gasteiger partial charge on any atom is 0.226 e. The number of rotatable bonds is 11. The van der Waals surface area contributed by atoms with Crippen LogP contribution in [0.25, 0.3) is 5.70 Å². The number of carbonyl (C=O) groups excluding carboxylic acids is 1. The Kier molecular flexibility index (Phi) is 9.89. The number of aliphatic imine (C=N–C) groups is 1. The molecule has 0 atom stereocenters. The number of methoxy groups -OCH3 is 1. The van der Waals surface area contributed by atoms with Crippen LogP contribution in [0.2, 0.25) is 0 Å². The van der Waals surface area contributed by atoms with Gasteiger partial charge in [0.2, 0.25) is 5.91 Å². The number of hydrogen-bond donors (Lipinski definition) is 3. The highest BCUT2D eigenvalue weighted by Gasteiger charge is 2.15. The second kappa shape index (κ2) is 13.3. The molecule has 2 aromatic carbocycles. The number of nitrogens with one attached hydrogen (secondary N) is 2. The molecule has 1 heterocycles. The molecule has 186 valence electrons. The van der Waals surface area contributed by atoms with E-state index in [-0.39, 0.29) is 5.91 Å². The van der Waals surface area contributed by atoms with Crippen molar-refractivity contribution in [3.63, 3.8) is 0 Å². The van der Waals surface area contributed by atoms with Gasteiger partial charge >= 0.3 is 0 Å². The van der Waals surface area contributed by atoms with Crippen molar-refractivity contribution in [3.05, 3.63) is 72.6 Å². The van der Waals surface area contributed by atoms with E-state index in [0.717, 1.165) is 44.0 Å². The number of allylic oxidation sites excluding steroid dienone is 1. The summed E-state index contributed by atoms with van der Waals surface area (Å²) >= 11 is 0. The Morgan fingerprint density at radius 1 is 1.06 bits per heavy atom. The van der Waals surface area contributed by atoms with Crippen LogP contribution in [0.3, 0.4) is 0 Å². The molecule has 0 radical (unpaired) electrons. The number of amides is 1. The molecule has 35 heavy (non-hydrogen) atoms. The number of likely N-dealkylation sites (N-methyl/N-ethyl adjacent to an activating group) is 1. The van der Waals surface area contributed by atoms with Gasteiger partial charge in [-0.05, 0) is 54.6 Å². The van der Waals surface area contributed by atoms with E-state index in [1.807, 2.05) is 36.4 Å². The summed E-state index contributed by atoms with van der Waals surface area (Å²) < 4.78 is 4.91. The van der Waals surface area contributed by atoms with Gasteiger partial charge in [0.25, 0.3) is 0 Å². The topological polar surface area (TPSA) is 95.2 Å². The lowest BCUT2D eigenvalue weighted by Crippen LogP contribution is -2.46. The molecule has 0 spiro atoms. The molecule has 2 aromatic rings. The minimum atomic E-state index is -0.0919. The first kappa shape index (κ1) is 26.0. The Morgan fingerprint density at radius 3 is 2.31 bits per heavy atom. The summed E-state index contributed by atoms with van der Waals surface area (Å²) in [5, 5.41) is 6.02. The van der Waals surface area contributed by atoms with Gasteiger partial charge in [0.15, 0.2) is 0 Å². The number of hydrogen-bond acceptors (Lipinski definition) is 7. The largest absolute Gasteiger partial charge is 0.398 e. The molecule has 1 saturated heterocycles. The van der Waals surface area contributed by atoms with Gasteiger partial charge in [-0.1, -0.05) is 25.6 Å². The van der Waals surface area contributed by atoms with Gasteiger partial charge in [-0.3, -0.25) is 4.79 Å². The van der Waals surface area contributed by atoms with Crippen LogP contribution in [0.15, 0.2) is 72.0 Å². The quantitative estimate of drug-likeness (QED) is 0.428. The molecule has 1 aliphatic rings. The summed E-state index contributed by atoms with van der Waals surface area (Å²) in [7, 11) is 1.57. The predicted octanol–water partition coefficient (Wildman–Crippen LogP) is 3.76. The zero-order chi connectivity index (χ0) is 25.0. The zero-order valence-corrected chi connectivity index (χ0v) is 20.7. The molecule has 0 aliphatic carbocycles. The molecule has 0 aromatic heterocycles.